The maximum Gasteiger partial charge on any atom is 0.212 e. The molecule has 0 fully saturated rings. The second-order valence-electron chi connectivity index (χ2n) is 24.2. The van der Waals surface area contributed by atoms with Crippen molar-refractivity contribution in [3.63, 3.8) is 0 Å². The van der Waals surface area contributed by atoms with Crippen LogP contribution in [0.2, 0.25) is 0 Å². The molecule has 0 spiro atoms. The molecule has 2 aliphatic rings. The summed E-state index contributed by atoms with van der Waals surface area (Å²) in [6.45, 7) is 23.8. The number of rotatable bonds is 16. The van der Waals surface area contributed by atoms with E-state index in [2.05, 4.69) is 138 Å². The quantitative estimate of drug-likeness (QED) is 0.0550. The maximum atomic E-state index is 10.9. The number of allylic oxidation sites excluding steroid dienone is 1. The van der Waals surface area contributed by atoms with Gasteiger partial charge in [-0.05, 0) is 172 Å². The van der Waals surface area contributed by atoms with Gasteiger partial charge in [0, 0.05) is 102 Å². The van der Waals surface area contributed by atoms with Crippen LogP contribution < -0.4 is 29.9 Å². The van der Waals surface area contributed by atoms with E-state index in [9.17, 15) is 5.26 Å². The number of amidine groups is 2. The standard InChI is InChI=1S/C88H56N12O2/c1-90-61-30-42-67(43-31-61)99(63-34-20-55(21-35-63)59-28-50-82(93-53-59)97-87-75-16-10-14-73-70(48-49-79(96-87)84(73)75)72-13-7-9-19-81(72)102-5)65-38-24-57(25-39-65)77(52-89)86(92-3)58-26-40-66(41-27-58)100(68-44-32-62(91-2)33-45-68)64-36-22-56(23-37-64)60-29-51-83(94-54-60)98-88-76-47-46-69(71-12-6-8-18-80(71)101-4)74-15-11-17-78(95-88)85(74)76/h6-51,53-54H,4-5H3,(H,93,96,97)(H,94,95,98)/b86-77-. The Labute approximate surface area is 589 Å². The highest BCUT2D eigenvalue weighted by atomic mass is 16.5. The first kappa shape index (κ1) is 62.1. The number of aromatic nitrogens is 2. The summed E-state index contributed by atoms with van der Waals surface area (Å²) >= 11 is 0. The number of benzene rings is 12. The molecule has 0 amide bonds. The average molecular weight is 1310 g/mol. The molecule has 2 aromatic heterocycles. The SMILES string of the molecule is [C-]#[N+]/C(=C(/C#N)c1ccc(N(c2ccc([N+]#[C-])cc2)c2ccc(-c3ccc(N=C4Nc5ccc(-c6ccccc6OC)c6cccc4c56)nc3)cc2)cc1)c1ccc(N(c2ccc([N+]#[C-])cc2)c2ccc(-c3ccc(N=C4Nc5cccc6c(-c7ccccc7OC)ccc4c56)nc3)cc2)cc1. The van der Waals surface area contributed by atoms with Crippen molar-refractivity contribution in [2.75, 3.05) is 34.7 Å². The van der Waals surface area contributed by atoms with Crippen molar-refractivity contribution in [1.29, 1.82) is 5.26 Å². The number of methoxy groups -OCH3 is 2. The smallest absolute Gasteiger partial charge is 0.212 e. The Morgan fingerprint density at radius 1 is 0.392 bits per heavy atom. The Bertz CT molecular complexity index is 5590. The van der Waals surface area contributed by atoms with E-state index >= 15 is 0 Å². The molecule has 480 valence electrons. The molecule has 4 heterocycles. The van der Waals surface area contributed by atoms with Gasteiger partial charge in [0.05, 0.1) is 45.6 Å². The van der Waals surface area contributed by atoms with Crippen LogP contribution in [-0.2, 0) is 0 Å². The highest BCUT2D eigenvalue weighted by Crippen LogP contribution is 2.46. The van der Waals surface area contributed by atoms with Gasteiger partial charge in [-0.1, -0.05) is 152 Å². The van der Waals surface area contributed by atoms with Crippen molar-refractivity contribution < 1.29 is 9.47 Å². The van der Waals surface area contributed by atoms with Crippen LogP contribution in [-0.4, -0.2) is 35.9 Å². The highest BCUT2D eigenvalue weighted by Gasteiger charge is 2.26. The van der Waals surface area contributed by atoms with Crippen LogP contribution in [0.4, 0.5) is 68.5 Å². The third-order valence-corrected chi connectivity index (χ3v) is 18.5. The fourth-order valence-corrected chi connectivity index (χ4v) is 13.6. The Hall–Kier alpha value is -14.7. The molecule has 0 bridgehead atoms. The first-order valence-corrected chi connectivity index (χ1v) is 32.8. The van der Waals surface area contributed by atoms with Gasteiger partial charge in [0.2, 0.25) is 5.70 Å². The van der Waals surface area contributed by atoms with Gasteiger partial charge in [0.15, 0.2) is 23.0 Å². The van der Waals surface area contributed by atoms with Crippen LogP contribution in [0.5, 0.6) is 11.5 Å². The highest BCUT2D eigenvalue weighted by molar-refractivity contribution is 6.29. The van der Waals surface area contributed by atoms with Gasteiger partial charge < -0.3 is 29.9 Å². The summed E-state index contributed by atoms with van der Waals surface area (Å²) in [7, 11) is 3.39. The normalized spacial score (nSPS) is 12.7. The summed E-state index contributed by atoms with van der Waals surface area (Å²) in [5.41, 5.74) is 19.5. The summed E-state index contributed by atoms with van der Waals surface area (Å²) in [6, 6.07) is 93.8. The first-order valence-electron chi connectivity index (χ1n) is 32.8. The number of ether oxygens (including phenoxy) is 2. The molecule has 2 aliphatic heterocycles. The van der Waals surface area contributed by atoms with Gasteiger partial charge >= 0.3 is 0 Å². The van der Waals surface area contributed by atoms with E-state index in [0.29, 0.717) is 34.1 Å². The second kappa shape index (κ2) is 26.7. The summed E-state index contributed by atoms with van der Waals surface area (Å²) in [6.07, 6.45) is 3.67. The number of aliphatic imine (C=N–C) groups is 2. The van der Waals surface area contributed by atoms with Crippen LogP contribution in [0.25, 0.3) is 91.9 Å². The lowest BCUT2D eigenvalue weighted by molar-refractivity contribution is 0.416. The van der Waals surface area contributed by atoms with E-state index in [0.717, 1.165) is 146 Å². The van der Waals surface area contributed by atoms with E-state index < -0.39 is 0 Å². The summed E-state index contributed by atoms with van der Waals surface area (Å²) in [5.74, 6) is 4.22. The molecule has 102 heavy (non-hydrogen) atoms. The molecule has 0 saturated heterocycles. The summed E-state index contributed by atoms with van der Waals surface area (Å²) in [5, 5.41) is 22.3. The summed E-state index contributed by atoms with van der Waals surface area (Å²) < 4.78 is 11.5. The van der Waals surface area contributed by atoms with E-state index in [1.807, 2.05) is 170 Å². The minimum Gasteiger partial charge on any atom is -0.496 e. The molecular formula is C88H56N12O2. The molecule has 0 atom stereocenters. The monoisotopic (exact) mass is 1310 g/mol. The molecule has 14 aromatic rings. The van der Waals surface area contributed by atoms with Gasteiger partial charge in [-0.3, -0.25) is 0 Å². The first-order chi connectivity index (χ1) is 50.3. The van der Waals surface area contributed by atoms with Crippen molar-refractivity contribution in [2.45, 2.75) is 0 Å². The van der Waals surface area contributed by atoms with Gasteiger partial charge in [-0.15, -0.1) is 0 Å². The average Bonchev–Trinajstić information content (AvgIpc) is 1.58. The van der Waals surface area contributed by atoms with E-state index in [1.165, 1.54) is 0 Å². The zero-order valence-electron chi connectivity index (χ0n) is 55.0. The molecule has 0 aliphatic carbocycles. The van der Waals surface area contributed by atoms with Crippen molar-refractivity contribution in [3.05, 3.63) is 348 Å². The zero-order valence-corrected chi connectivity index (χ0v) is 55.0. The van der Waals surface area contributed by atoms with Crippen LogP contribution in [0.3, 0.4) is 0 Å². The van der Waals surface area contributed by atoms with Crippen molar-refractivity contribution in [3.8, 4) is 62.1 Å². The third-order valence-electron chi connectivity index (χ3n) is 18.5. The number of nitrogens with zero attached hydrogens (tertiary/aromatic N) is 10. The summed E-state index contributed by atoms with van der Waals surface area (Å²) in [4.78, 5) is 35.0. The minimum atomic E-state index is 0.204. The number of hydrogen-bond acceptors (Lipinski definition) is 9. The van der Waals surface area contributed by atoms with Gasteiger partial charge in [-0.2, -0.15) is 5.26 Å². The maximum absolute atomic E-state index is 10.9. The lowest BCUT2D eigenvalue weighted by Gasteiger charge is -2.26. The largest absolute Gasteiger partial charge is 0.496 e. The van der Waals surface area contributed by atoms with Crippen molar-refractivity contribution in [1.82, 2.24) is 9.97 Å². The lowest BCUT2D eigenvalue weighted by Crippen LogP contribution is -2.10. The number of hydrogen-bond donors (Lipinski definition) is 2. The molecule has 2 N–H and O–H groups in total. The predicted molar refractivity (Wildman–Crippen MR) is 412 cm³/mol. The van der Waals surface area contributed by atoms with Crippen LogP contribution in [0.15, 0.2) is 301 Å². The molecule has 0 unspecified atom stereocenters. The Balaban J connectivity index is 0.635. The van der Waals surface area contributed by atoms with E-state index in [-0.39, 0.29) is 11.3 Å². The van der Waals surface area contributed by atoms with Gasteiger partial charge in [0.25, 0.3) is 0 Å². The zero-order chi connectivity index (χ0) is 69.2. The fraction of sp³-hybridized carbons (Fsp3) is 0.0227. The molecule has 14 heteroatoms. The Kier molecular flexibility index (Phi) is 16.3. The molecule has 0 saturated carbocycles. The van der Waals surface area contributed by atoms with Crippen LogP contribution in [0, 0.1) is 31.0 Å². The van der Waals surface area contributed by atoms with E-state index in [4.69, 9.17) is 49.1 Å². The number of anilines is 8. The minimum absolute atomic E-state index is 0.204. The lowest BCUT2D eigenvalue weighted by atomic mass is 9.95. The number of para-hydroxylation sites is 2. The van der Waals surface area contributed by atoms with Crippen molar-refractivity contribution >= 4 is 113 Å². The topological polar surface area (TPSA) is 136 Å². The predicted octanol–water partition coefficient (Wildman–Crippen LogP) is 22.8. The molecule has 16 rings (SSSR count). The number of pyridine rings is 2. The van der Waals surface area contributed by atoms with Crippen LogP contribution in [0.1, 0.15) is 22.3 Å². The number of nitriles is 1. The Morgan fingerprint density at radius 2 is 0.775 bits per heavy atom. The van der Waals surface area contributed by atoms with E-state index in [1.54, 1.807) is 38.5 Å². The molecule has 12 aromatic carbocycles. The van der Waals surface area contributed by atoms with Crippen molar-refractivity contribution in [2.24, 2.45) is 9.98 Å². The molecule has 0 radical (unpaired) electrons. The second-order valence-corrected chi connectivity index (χ2v) is 24.2. The van der Waals surface area contributed by atoms with Crippen LogP contribution >= 0.6 is 0 Å². The fourth-order valence-electron chi connectivity index (χ4n) is 13.6. The van der Waals surface area contributed by atoms with Gasteiger partial charge in [-0.25, -0.2) is 34.5 Å². The van der Waals surface area contributed by atoms with Gasteiger partial charge in [0.1, 0.15) is 23.2 Å². The number of nitrogens with one attached hydrogen (secondary N) is 2. The molecule has 14 nitrogen and oxygen atoms in total. The Morgan fingerprint density at radius 3 is 1.21 bits per heavy atom. The molecular weight excluding hydrogens is 1260 g/mol. The third kappa shape index (κ3) is 11.5.